The van der Waals surface area contributed by atoms with Crippen molar-refractivity contribution in [1.29, 1.82) is 5.26 Å². The minimum absolute atomic E-state index is 0. The molecule has 0 aliphatic carbocycles. The highest BCUT2D eigenvalue weighted by atomic mass is 35.5. The number of benzene rings is 1. The Morgan fingerprint density at radius 3 is 2.73 bits per heavy atom. The van der Waals surface area contributed by atoms with Crippen molar-refractivity contribution >= 4 is 34.9 Å². The molecular weight excluding hydrogens is 438 g/mol. The number of likely N-dealkylation sites (tertiary alicyclic amines) is 1. The van der Waals surface area contributed by atoms with Gasteiger partial charge in [-0.2, -0.15) is 5.26 Å². The highest BCUT2D eigenvalue weighted by Gasteiger charge is 2.30. The number of morpholine rings is 1. The number of aromatic nitrogens is 1. The van der Waals surface area contributed by atoms with Crippen LogP contribution < -0.4 is 10.2 Å². The first-order valence-corrected chi connectivity index (χ1v) is 11.7. The molecule has 33 heavy (non-hydrogen) atoms. The fraction of sp³-hybridized carbons (Fsp3) is 0.560. The Labute approximate surface area is 202 Å². The van der Waals surface area contributed by atoms with Gasteiger partial charge in [0, 0.05) is 62.0 Å². The van der Waals surface area contributed by atoms with E-state index in [1.807, 2.05) is 38.1 Å². The number of nitrogens with zero attached hydrogens (tertiary/aromatic N) is 4. The van der Waals surface area contributed by atoms with Gasteiger partial charge >= 0.3 is 0 Å². The predicted molar refractivity (Wildman–Crippen MR) is 133 cm³/mol. The second-order valence-electron chi connectivity index (χ2n) is 9.36. The van der Waals surface area contributed by atoms with Crippen molar-refractivity contribution in [3.05, 3.63) is 36.0 Å². The molecule has 7 nitrogen and oxygen atoms in total. The number of rotatable bonds is 5. The lowest BCUT2D eigenvalue weighted by Gasteiger charge is -2.41. The van der Waals surface area contributed by atoms with E-state index >= 15 is 0 Å². The van der Waals surface area contributed by atoms with Gasteiger partial charge < -0.3 is 19.9 Å². The van der Waals surface area contributed by atoms with Gasteiger partial charge in [0.1, 0.15) is 6.07 Å². The monoisotopic (exact) mass is 471 g/mol. The van der Waals surface area contributed by atoms with Crippen molar-refractivity contribution in [2.24, 2.45) is 5.92 Å². The summed E-state index contributed by atoms with van der Waals surface area (Å²) >= 11 is 0. The normalized spacial score (nSPS) is 22.1. The summed E-state index contributed by atoms with van der Waals surface area (Å²) in [5.41, 5.74) is 2.48. The summed E-state index contributed by atoms with van der Waals surface area (Å²) < 4.78 is 6.30. The first-order valence-electron chi connectivity index (χ1n) is 11.7. The van der Waals surface area contributed by atoms with Crippen LogP contribution in [0, 0.1) is 17.2 Å². The van der Waals surface area contributed by atoms with Crippen LogP contribution in [-0.2, 0) is 9.53 Å². The SMILES string of the molecule is CC(C)C(=O)NC1CCN(C[C@H]2CN(c3ccc(C#N)c4ncccc34)C[C@@H](C)O2)CC1.Cl. The van der Waals surface area contributed by atoms with Crippen LogP contribution in [0.1, 0.15) is 39.2 Å². The van der Waals surface area contributed by atoms with Gasteiger partial charge in [-0.25, -0.2) is 0 Å². The Hall–Kier alpha value is -2.40. The van der Waals surface area contributed by atoms with Gasteiger partial charge in [-0.1, -0.05) is 13.8 Å². The molecule has 2 fully saturated rings. The van der Waals surface area contributed by atoms with E-state index in [0.717, 1.165) is 62.2 Å². The van der Waals surface area contributed by atoms with Crippen LogP contribution in [0.4, 0.5) is 5.69 Å². The van der Waals surface area contributed by atoms with Gasteiger partial charge in [0.05, 0.1) is 23.3 Å². The smallest absolute Gasteiger partial charge is 0.222 e. The quantitative estimate of drug-likeness (QED) is 0.720. The maximum absolute atomic E-state index is 12.0. The van der Waals surface area contributed by atoms with Crippen LogP contribution in [0.5, 0.6) is 0 Å². The average molecular weight is 472 g/mol. The van der Waals surface area contributed by atoms with Crippen LogP contribution in [0.15, 0.2) is 30.5 Å². The Morgan fingerprint density at radius 2 is 2.03 bits per heavy atom. The molecule has 8 heteroatoms. The van der Waals surface area contributed by atoms with Crippen LogP contribution in [-0.4, -0.2) is 66.8 Å². The number of halogens is 1. The second kappa shape index (κ2) is 11.1. The minimum Gasteiger partial charge on any atom is -0.370 e. The highest BCUT2D eigenvalue weighted by molar-refractivity contribution is 5.95. The summed E-state index contributed by atoms with van der Waals surface area (Å²) in [7, 11) is 0. The van der Waals surface area contributed by atoms with Crippen molar-refractivity contribution in [3.63, 3.8) is 0 Å². The van der Waals surface area contributed by atoms with Gasteiger partial charge in [0.2, 0.25) is 5.91 Å². The Balaban J connectivity index is 0.00000306. The maximum Gasteiger partial charge on any atom is 0.222 e. The number of pyridine rings is 1. The molecule has 0 bridgehead atoms. The van der Waals surface area contributed by atoms with E-state index in [0.29, 0.717) is 5.56 Å². The van der Waals surface area contributed by atoms with E-state index in [4.69, 9.17) is 4.74 Å². The Bertz CT molecular complexity index is 1000. The molecule has 2 saturated heterocycles. The second-order valence-corrected chi connectivity index (χ2v) is 9.36. The Kier molecular flexibility index (Phi) is 8.52. The minimum atomic E-state index is 0. The first kappa shape index (κ1) is 25.2. The maximum atomic E-state index is 12.0. The summed E-state index contributed by atoms with van der Waals surface area (Å²) in [5, 5.41) is 13.6. The molecule has 1 aromatic carbocycles. The molecule has 3 heterocycles. The van der Waals surface area contributed by atoms with Crippen molar-refractivity contribution in [1.82, 2.24) is 15.2 Å². The highest BCUT2D eigenvalue weighted by Crippen LogP contribution is 2.30. The number of fused-ring (bicyclic) bond motifs is 1. The largest absolute Gasteiger partial charge is 0.370 e. The Morgan fingerprint density at radius 1 is 1.27 bits per heavy atom. The zero-order chi connectivity index (χ0) is 22.7. The van der Waals surface area contributed by atoms with Gasteiger partial charge in [-0.15, -0.1) is 12.4 Å². The van der Waals surface area contributed by atoms with Crippen LogP contribution in [0.2, 0.25) is 0 Å². The number of hydrogen-bond donors (Lipinski definition) is 1. The number of hydrogen-bond acceptors (Lipinski definition) is 6. The molecule has 2 aliphatic rings. The standard InChI is InChI=1S/C25H33N5O2.ClH/c1-17(2)25(31)28-20-8-11-29(12-9-20)15-21-16-30(14-18(3)32-21)23-7-6-19(13-26)24-22(23)5-4-10-27-24;/h4-7,10,17-18,20-21H,8-9,11-12,14-16H2,1-3H3,(H,28,31);1H/t18-,21+;/m1./s1. The number of nitriles is 1. The van der Waals surface area contributed by atoms with E-state index in [1.54, 1.807) is 6.20 Å². The number of anilines is 1. The topological polar surface area (TPSA) is 81.5 Å². The molecule has 0 saturated carbocycles. The molecule has 178 valence electrons. The summed E-state index contributed by atoms with van der Waals surface area (Å²) in [4.78, 5) is 21.3. The summed E-state index contributed by atoms with van der Waals surface area (Å²) in [6, 6.07) is 10.4. The molecule has 2 aliphatic heterocycles. The fourth-order valence-electron chi connectivity index (χ4n) is 4.78. The summed E-state index contributed by atoms with van der Waals surface area (Å²) in [5.74, 6) is 0.178. The van der Waals surface area contributed by atoms with E-state index in [9.17, 15) is 10.1 Å². The molecule has 0 spiro atoms. The van der Waals surface area contributed by atoms with Gasteiger partial charge in [-0.05, 0) is 44.0 Å². The van der Waals surface area contributed by atoms with Crippen LogP contribution in [0.25, 0.3) is 10.9 Å². The van der Waals surface area contributed by atoms with Gasteiger partial charge in [0.25, 0.3) is 0 Å². The average Bonchev–Trinajstić information content (AvgIpc) is 2.79. The predicted octanol–water partition coefficient (Wildman–Crippen LogP) is 3.36. The van der Waals surface area contributed by atoms with E-state index in [1.165, 1.54) is 0 Å². The fourth-order valence-corrected chi connectivity index (χ4v) is 4.78. The van der Waals surface area contributed by atoms with Crippen LogP contribution >= 0.6 is 12.4 Å². The molecule has 0 radical (unpaired) electrons. The van der Waals surface area contributed by atoms with E-state index in [2.05, 4.69) is 33.1 Å². The molecule has 1 aromatic heterocycles. The van der Waals surface area contributed by atoms with Crippen LogP contribution in [0.3, 0.4) is 0 Å². The molecular formula is C25H34ClN5O2. The number of carbonyl (C=O) groups excluding carboxylic acids is 1. The molecule has 2 atom stereocenters. The molecule has 1 amide bonds. The van der Waals surface area contributed by atoms with Crippen molar-refractivity contribution in [3.8, 4) is 6.07 Å². The number of nitrogens with one attached hydrogen (secondary N) is 1. The zero-order valence-electron chi connectivity index (χ0n) is 19.7. The number of carbonyl (C=O) groups is 1. The van der Waals surface area contributed by atoms with Crippen molar-refractivity contribution in [2.45, 2.75) is 51.9 Å². The summed E-state index contributed by atoms with van der Waals surface area (Å²) in [6.07, 6.45) is 3.94. The number of piperidine rings is 1. The lowest BCUT2D eigenvalue weighted by molar-refractivity contribution is -0.125. The molecule has 2 aromatic rings. The van der Waals surface area contributed by atoms with E-state index in [-0.39, 0.29) is 42.5 Å². The summed E-state index contributed by atoms with van der Waals surface area (Å²) in [6.45, 7) is 10.5. The molecule has 0 unspecified atom stereocenters. The first-order chi connectivity index (χ1) is 15.4. The third-order valence-corrected chi connectivity index (χ3v) is 6.45. The van der Waals surface area contributed by atoms with Crippen molar-refractivity contribution in [2.75, 3.05) is 37.6 Å². The number of ether oxygens (including phenoxy) is 1. The lowest BCUT2D eigenvalue weighted by atomic mass is 10.0. The zero-order valence-corrected chi connectivity index (χ0v) is 20.5. The van der Waals surface area contributed by atoms with Gasteiger partial charge in [0.15, 0.2) is 0 Å². The molecule has 1 N–H and O–H groups in total. The molecule has 4 rings (SSSR count). The number of amides is 1. The lowest BCUT2D eigenvalue weighted by Crippen LogP contribution is -2.53. The van der Waals surface area contributed by atoms with Gasteiger partial charge in [-0.3, -0.25) is 9.78 Å². The third-order valence-electron chi connectivity index (χ3n) is 6.45. The van der Waals surface area contributed by atoms with Crippen molar-refractivity contribution < 1.29 is 9.53 Å². The van der Waals surface area contributed by atoms with E-state index < -0.39 is 0 Å². The third kappa shape index (κ3) is 5.94.